The molecule has 0 unspecified atom stereocenters. The number of amides is 1. The van der Waals surface area contributed by atoms with Crippen molar-refractivity contribution in [3.8, 4) is 11.5 Å². The number of carbonyl (C=O) groups excluding carboxylic acids is 1. The van der Waals surface area contributed by atoms with Gasteiger partial charge in [0.15, 0.2) is 5.82 Å². The number of nitrogens with zero attached hydrogens (tertiary/aromatic N) is 2. The van der Waals surface area contributed by atoms with E-state index in [2.05, 4.69) is 43.8 Å². The number of benzene rings is 1. The minimum Gasteiger partial charge on any atom is -0.388 e. The van der Waals surface area contributed by atoms with Crippen LogP contribution in [0.1, 0.15) is 42.5 Å². The standard InChI is InChI=1S/C22H30BrN7O.ClH/c1-30-14-16(26-10-5-3-2-4-9-23)13-19(30)21-28-17-7-6-15(12-18(17)29-21)22(31)27-11-8-20(24)25;/h6-7,12-14,26H,2-5,8-11H2,1H3,(H3,24,25)(H,27,31)(H,28,29);1H. The molecule has 0 spiro atoms. The Morgan fingerprint density at radius 1 is 1.22 bits per heavy atom. The zero-order valence-corrected chi connectivity index (χ0v) is 20.6. The Bertz CT molecular complexity index is 1050. The fraction of sp³-hybridized carbons (Fsp3) is 0.409. The summed E-state index contributed by atoms with van der Waals surface area (Å²) in [6.45, 7) is 1.29. The number of imidazole rings is 1. The lowest BCUT2D eigenvalue weighted by atomic mass is 10.2. The van der Waals surface area contributed by atoms with Crippen LogP contribution in [-0.4, -0.2) is 44.7 Å². The molecular weight excluding hydrogens is 494 g/mol. The van der Waals surface area contributed by atoms with E-state index in [1.807, 2.05) is 17.7 Å². The summed E-state index contributed by atoms with van der Waals surface area (Å²) in [5.74, 6) is 0.616. The van der Waals surface area contributed by atoms with Crippen LogP contribution < -0.4 is 16.4 Å². The fourth-order valence-corrected chi connectivity index (χ4v) is 3.78. The predicted octanol–water partition coefficient (Wildman–Crippen LogP) is 4.41. The molecule has 2 heterocycles. The Morgan fingerprint density at radius 3 is 2.75 bits per heavy atom. The molecule has 0 bridgehead atoms. The molecular formula is C22H31BrClN7O. The van der Waals surface area contributed by atoms with Gasteiger partial charge in [-0.15, -0.1) is 12.4 Å². The number of halogens is 2. The first-order valence-electron chi connectivity index (χ1n) is 10.6. The molecule has 1 aromatic carbocycles. The minimum atomic E-state index is -0.200. The smallest absolute Gasteiger partial charge is 0.251 e. The van der Waals surface area contributed by atoms with Crippen molar-refractivity contribution in [2.75, 3.05) is 23.7 Å². The third-order valence-corrected chi connectivity index (χ3v) is 5.62. The number of aryl methyl sites for hydroxylation is 1. The Morgan fingerprint density at radius 2 is 2.00 bits per heavy atom. The van der Waals surface area contributed by atoms with Gasteiger partial charge in [-0.05, 0) is 37.1 Å². The first-order chi connectivity index (χ1) is 15.0. The number of amidine groups is 1. The highest BCUT2D eigenvalue weighted by Crippen LogP contribution is 2.25. The molecule has 0 saturated heterocycles. The number of rotatable bonds is 12. The zero-order valence-electron chi connectivity index (χ0n) is 18.2. The van der Waals surface area contributed by atoms with Gasteiger partial charge in [0.2, 0.25) is 0 Å². The molecule has 32 heavy (non-hydrogen) atoms. The van der Waals surface area contributed by atoms with Crippen LogP contribution in [0.15, 0.2) is 30.5 Å². The molecule has 2 aromatic heterocycles. The van der Waals surface area contributed by atoms with Gasteiger partial charge in [-0.2, -0.15) is 0 Å². The second kappa shape index (κ2) is 12.5. The average Bonchev–Trinajstić information content (AvgIpc) is 3.32. The van der Waals surface area contributed by atoms with Gasteiger partial charge < -0.3 is 25.9 Å². The molecule has 0 radical (unpaired) electrons. The SMILES string of the molecule is Cl.Cn1cc(NCCCCCCBr)cc1-c1nc2cc(C(=O)NCCC(=N)N)ccc2[nH]1. The van der Waals surface area contributed by atoms with Crippen molar-refractivity contribution in [1.82, 2.24) is 19.9 Å². The summed E-state index contributed by atoms with van der Waals surface area (Å²) < 4.78 is 2.04. The molecule has 0 atom stereocenters. The highest BCUT2D eigenvalue weighted by Gasteiger charge is 2.13. The summed E-state index contributed by atoms with van der Waals surface area (Å²) in [7, 11) is 2.00. The van der Waals surface area contributed by atoms with Gasteiger partial charge in [-0.1, -0.05) is 28.8 Å². The molecule has 3 rings (SSSR count). The minimum absolute atomic E-state index is 0. The Balaban J connectivity index is 0.00000363. The van der Waals surface area contributed by atoms with Crippen molar-refractivity contribution in [2.45, 2.75) is 32.1 Å². The van der Waals surface area contributed by atoms with Gasteiger partial charge in [-0.25, -0.2) is 4.98 Å². The molecule has 0 aliphatic rings. The summed E-state index contributed by atoms with van der Waals surface area (Å²) >= 11 is 3.47. The Labute approximate surface area is 202 Å². The van der Waals surface area contributed by atoms with E-state index in [1.54, 1.807) is 12.1 Å². The predicted molar refractivity (Wildman–Crippen MR) is 137 cm³/mol. The maximum atomic E-state index is 12.3. The number of fused-ring (bicyclic) bond motifs is 1. The molecule has 1 amide bonds. The van der Waals surface area contributed by atoms with Crippen molar-refractivity contribution in [3.05, 3.63) is 36.0 Å². The maximum absolute atomic E-state index is 12.3. The second-order valence-corrected chi connectivity index (χ2v) is 8.40. The number of hydrogen-bond acceptors (Lipinski definition) is 4. The first-order valence-corrected chi connectivity index (χ1v) is 11.7. The van der Waals surface area contributed by atoms with Crippen LogP contribution in [0.25, 0.3) is 22.6 Å². The van der Waals surface area contributed by atoms with Crippen molar-refractivity contribution in [2.24, 2.45) is 12.8 Å². The Hall–Kier alpha value is -2.52. The zero-order chi connectivity index (χ0) is 22.2. The van der Waals surface area contributed by atoms with Gasteiger partial charge in [0.05, 0.1) is 28.3 Å². The van der Waals surface area contributed by atoms with Gasteiger partial charge in [0, 0.05) is 43.6 Å². The van der Waals surface area contributed by atoms with Crippen molar-refractivity contribution >= 4 is 56.8 Å². The van der Waals surface area contributed by atoms with Gasteiger partial charge in [0.25, 0.3) is 5.91 Å². The quantitative estimate of drug-likeness (QED) is 0.104. The number of carbonyl (C=O) groups is 1. The molecule has 0 aliphatic carbocycles. The molecule has 174 valence electrons. The van der Waals surface area contributed by atoms with Crippen LogP contribution >= 0.6 is 28.3 Å². The molecule has 0 aliphatic heterocycles. The van der Waals surface area contributed by atoms with Gasteiger partial charge in [0.1, 0.15) is 0 Å². The number of unbranched alkanes of at least 4 members (excludes halogenated alkanes) is 3. The average molecular weight is 525 g/mol. The number of aromatic amines is 1. The highest BCUT2D eigenvalue weighted by atomic mass is 79.9. The number of nitrogens with one attached hydrogen (secondary N) is 4. The number of H-pyrrole nitrogens is 1. The highest BCUT2D eigenvalue weighted by molar-refractivity contribution is 9.09. The summed E-state index contributed by atoms with van der Waals surface area (Å²) in [6.07, 6.45) is 7.26. The van der Waals surface area contributed by atoms with Crippen molar-refractivity contribution < 1.29 is 4.79 Å². The van der Waals surface area contributed by atoms with E-state index in [4.69, 9.17) is 16.1 Å². The van der Waals surface area contributed by atoms with Gasteiger partial charge in [-0.3, -0.25) is 10.2 Å². The molecule has 8 nitrogen and oxygen atoms in total. The molecule has 0 saturated carbocycles. The van der Waals surface area contributed by atoms with E-state index in [9.17, 15) is 4.79 Å². The number of aromatic nitrogens is 3. The lowest BCUT2D eigenvalue weighted by Crippen LogP contribution is -2.27. The second-order valence-electron chi connectivity index (χ2n) is 7.60. The van der Waals surface area contributed by atoms with E-state index in [1.165, 1.54) is 19.3 Å². The first kappa shape index (κ1) is 25.7. The third-order valence-electron chi connectivity index (χ3n) is 5.06. The Kier molecular flexibility index (Phi) is 10.1. The van der Waals surface area contributed by atoms with E-state index < -0.39 is 0 Å². The lowest BCUT2D eigenvalue weighted by Gasteiger charge is -2.04. The largest absolute Gasteiger partial charge is 0.388 e. The van der Waals surface area contributed by atoms with Gasteiger partial charge >= 0.3 is 0 Å². The summed E-state index contributed by atoms with van der Waals surface area (Å²) in [5.41, 5.74) is 9.51. The van der Waals surface area contributed by atoms with Crippen molar-refractivity contribution in [1.29, 1.82) is 5.41 Å². The lowest BCUT2D eigenvalue weighted by molar-refractivity contribution is 0.0955. The normalized spacial score (nSPS) is 10.7. The van der Waals surface area contributed by atoms with Crippen LogP contribution in [0.4, 0.5) is 5.69 Å². The summed E-state index contributed by atoms with van der Waals surface area (Å²) in [6, 6.07) is 7.49. The van der Waals surface area contributed by atoms with Crippen LogP contribution in [0.2, 0.25) is 0 Å². The molecule has 0 fully saturated rings. The van der Waals surface area contributed by atoms with E-state index in [0.717, 1.165) is 46.5 Å². The summed E-state index contributed by atoms with van der Waals surface area (Å²) in [4.78, 5) is 20.3. The number of hydrogen-bond donors (Lipinski definition) is 5. The topological polar surface area (TPSA) is 125 Å². The van der Waals surface area contributed by atoms with Crippen LogP contribution in [0.5, 0.6) is 0 Å². The number of alkyl halides is 1. The van der Waals surface area contributed by atoms with Crippen LogP contribution in [0.3, 0.4) is 0 Å². The monoisotopic (exact) mass is 523 g/mol. The third kappa shape index (κ3) is 7.00. The number of nitrogens with two attached hydrogens (primary N) is 1. The maximum Gasteiger partial charge on any atom is 0.251 e. The van der Waals surface area contributed by atoms with E-state index in [0.29, 0.717) is 18.5 Å². The fourth-order valence-electron chi connectivity index (χ4n) is 3.38. The molecule has 6 N–H and O–H groups in total. The van der Waals surface area contributed by atoms with E-state index in [-0.39, 0.29) is 24.1 Å². The summed E-state index contributed by atoms with van der Waals surface area (Å²) in [5, 5.41) is 14.6. The molecule has 10 heteroatoms. The van der Waals surface area contributed by atoms with Crippen LogP contribution in [-0.2, 0) is 7.05 Å². The van der Waals surface area contributed by atoms with Crippen molar-refractivity contribution in [3.63, 3.8) is 0 Å². The number of anilines is 1. The molecule has 3 aromatic rings. The van der Waals surface area contributed by atoms with E-state index >= 15 is 0 Å². The van der Waals surface area contributed by atoms with Crippen LogP contribution in [0, 0.1) is 5.41 Å².